The van der Waals surface area contributed by atoms with E-state index in [4.69, 9.17) is 14.2 Å². The van der Waals surface area contributed by atoms with Gasteiger partial charge in [0.25, 0.3) is 0 Å². The van der Waals surface area contributed by atoms with Gasteiger partial charge in [0.1, 0.15) is 18.0 Å². The van der Waals surface area contributed by atoms with Crippen molar-refractivity contribution in [3.63, 3.8) is 0 Å². The normalized spacial score (nSPS) is 15.0. The van der Waals surface area contributed by atoms with Gasteiger partial charge < -0.3 is 19.5 Å². The van der Waals surface area contributed by atoms with E-state index in [2.05, 4.69) is 5.32 Å². The molecule has 1 aliphatic rings. The number of nitrogens with zero attached hydrogens (tertiary/aromatic N) is 1. The Morgan fingerprint density at radius 2 is 1.62 bits per heavy atom. The quantitative estimate of drug-likeness (QED) is 0.375. The Kier molecular flexibility index (Phi) is 8.80. The molecule has 0 spiro atoms. The molecule has 3 aromatic rings. The molecule has 1 fully saturated rings. The summed E-state index contributed by atoms with van der Waals surface area (Å²) in [4.78, 5) is 24.4. The monoisotopic (exact) mass is 566 g/mol. The molecule has 0 bridgehead atoms. The molecular formula is C30H34N2O7S. The zero-order valence-corrected chi connectivity index (χ0v) is 23.8. The molecule has 1 heterocycles. The molecule has 1 amide bonds. The maximum absolute atomic E-state index is 13.0. The number of rotatable bonds is 9. The number of carbonyl (C=O) groups excluding carboxylic acids is 2. The maximum Gasteiger partial charge on any atom is 0.408 e. The number of carbonyl (C=O) groups is 2. The van der Waals surface area contributed by atoms with Crippen LogP contribution in [-0.2, 0) is 30.9 Å². The van der Waals surface area contributed by atoms with Crippen LogP contribution in [0.1, 0.15) is 43.5 Å². The predicted molar refractivity (Wildman–Crippen MR) is 149 cm³/mol. The summed E-state index contributed by atoms with van der Waals surface area (Å²) in [5.74, 6) is -0.295. The molecule has 3 aromatic carbocycles. The van der Waals surface area contributed by atoms with Gasteiger partial charge >= 0.3 is 12.1 Å². The molecule has 1 saturated heterocycles. The lowest BCUT2D eigenvalue weighted by molar-refractivity contribution is -0.149. The summed E-state index contributed by atoms with van der Waals surface area (Å²) in [6.07, 6.45) is -0.536. The van der Waals surface area contributed by atoms with Crippen LogP contribution < -0.4 is 10.1 Å². The lowest BCUT2D eigenvalue weighted by Crippen LogP contribution is -2.53. The first-order valence-corrected chi connectivity index (χ1v) is 14.3. The molecule has 1 aliphatic heterocycles. The van der Waals surface area contributed by atoms with Crippen molar-refractivity contribution in [1.82, 2.24) is 9.62 Å². The predicted octanol–water partition coefficient (Wildman–Crippen LogP) is 4.67. The number of amides is 1. The lowest BCUT2D eigenvalue weighted by atomic mass is 9.98. The molecule has 0 aliphatic carbocycles. The van der Waals surface area contributed by atoms with Crippen LogP contribution in [0.4, 0.5) is 4.79 Å². The molecule has 1 N–H and O–H groups in total. The summed E-state index contributed by atoms with van der Waals surface area (Å²) in [6, 6.07) is 23.0. The molecule has 212 valence electrons. The van der Waals surface area contributed by atoms with Gasteiger partial charge in [-0.1, -0.05) is 54.6 Å². The van der Waals surface area contributed by atoms with Gasteiger partial charge in [-0.15, -0.1) is 0 Å². The van der Waals surface area contributed by atoms with E-state index in [0.717, 1.165) is 11.1 Å². The first-order valence-electron chi connectivity index (χ1n) is 12.9. The highest BCUT2D eigenvalue weighted by molar-refractivity contribution is 7.89. The van der Waals surface area contributed by atoms with Gasteiger partial charge in [-0.05, 0) is 61.7 Å². The maximum atomic E-state index is 13.0. The van der Waals surface area contributed by atoms with E-state index in [-0.39, 0.29) is 24.6 Å². The molecular weight excluding hydrogens is 532 g/mol. The van der Waals surface area contributed by atoms with Crippen LogP contribution in [-0.4, -0.2) is 50.6 Å². The minimum atomic E-state index is -3.74. The van der Waals surface area contributed by atoms with Crippen LogP contribution in [0.2, 0.25) is 0 Å². The summed E-state index contributed by atoms with van der Waals surface area (Å²) in [5, 5.41) is 2.95. The highest BCUT2D eigenvalue weighted by Crippen LogP contribution is 2.28. The van der Waals surface area contributed by atoms with Gasteiger partial charge in [-0.3, -0.25) is 4.79 Å². The van der Waals surface area contributed by atoms with Gasteiger partial charge in [0.05, 0.1) is 24.0 Å². The fraction of sp³-hybridized carbons (Fsp3) is 0.333. The van der Waals surface area contributed by atoms with Crippen molar-refractivity contribution in [3.8, 4) is 5.75 Å². The first kappa shape index (κ1) is 29.1. The number of hydrogen-bond donors (Lipinski definition) is 1. The highest BCUT2D eigenvalue weighted by atomic mass is 32.2. The van der Waals surface area contributed by atoms with Crippen LogP contribution in [0.15, 0.2) is 83.8 Å². The van der Waals surface area contributed by atoms with E-state index in [1.807, 2.05) is 48.5 Å². The Morgan fingerprint density at radius 1 is 0.950 bits per heavy atom. The molecule has 0 unspecified atom stereocenters. The second-order valence-electron chi connectivity index (χ2n) is 10.5. The molecule has 0 aromatic heterocycles. The summed E-state index contributed by atoms with van der Waals surface area (Å²) in [7, 11) is -2.45. The number of sulfonamides is 1. The van der Waals surface area contributed by atoms with Crippen LogP contribution in [0.5, 0.6) is 5.75 Å². The Bertz CT molecular complexity index is 1450. The Balaban J connectivity index is 1.47. The largest absolute Gasteiger partial charge is 0.489 e. The van der Waals surface area contributed by atoms with Crippen molar-refractivity contribution in [2.45, 2.75) is 43.9 Å². The Labute approximate surface area is 235 Å². The number of hydrogen-bond acceptors (Lipinski definition) is 7. The SMILES string of the molecule is COC(=O)C1CN(S(=O)(=O)c2cccc(COc3cccc([C@@H](NC(=O)OC(C)(C)C)c4ccccc4)c3)c2)C1. The molecule has 4 rings (SSSR count). The van der Waals surface area contributed by atoms with Crippen molar-refractivity contribution in [2.75, 3.05) is 20.2 Å². The number of methoxy groups -OCH3 is 1. The van der Waals surface area contributed by atoms with Gasteiger partial charge in [0, 0.05) is 13.1 Å². The molecule has 1 atom stereocenters. The minimum absolute atomic E-state index is 0.0996. The van der Waals surface area contributed by atoms with Crippen molar-refractivity contribution in [2.24, 2.45) is 5.92 Å². The van der Waals surface area contributed by atoms with E-state index in [1.165, 1.54) is 17.5 Å². The van der Waals surface area contributed by atoms with Crippen LogP contribution in [0.25, 0.3) is 0 Å². The van der Waals surface area contributed by atoms with Gasteiger partial charge in [-0.25, -0.2) is 13.2 Å². The van der Waals surface area contributed by atoms with Gasteiger partial charge in [0.15, 0.2) is 0 Å². The number of nitrogens with one attached hydrogen (secondary N) is 1. The molecule has 10 heteroatoms. The zero-order chi connectivity index (χ0) is 28.9. The summed E-state index contributed by atoms with van der Waals surface area (Å²) < 4.78 is 43.5. The van der Waals surface area contributed by atoms with E-state index in [9.17, 15) is 18.0 Å². The van der Waals surface area contributed by atoms with E-state index < -0.39 is 39.6 Å². The van der Waals surface area contributed by atoms with Crippen LogP contribution in [0.3, 0.4) is 0 Å². The first-order chi connectivity index (χ1) is 19.0. The third-order valence-corrected chi connectivity index (χ3v) is 8.14. The van der Waals surface area contributed by atoms with E-state index in [1.54, 1.807) is 45.0 Å². The smallest absolute Gasteiger partial charge is 0.408 e. The highest BCUT2D eigenvalue weighted by Gasteiger charge is 2.41. The van der Waals surface area contributed by atoms with Gasteiger partial charge in [-0.2, -0.15) is 4.31 Å². The number of alkyl carbamates (subject to hydrolysis) is 1. The number of esters is 1. The van der Waals surface area contributed by atoms with Crippen LogP contribution in [0, 0.1) is 5.92 Å². The lowest BCUT2D eigenvalue weighted by Gasteiger charge is -2.36. The topological polar surface area (TPSA) is 111 Å². The van der Waals surface area contributed by atoms with Crippen molar-refractivity contribution >= 4 is 22.1 Å². The van der Waals surface area contributed by atoms with Gasteiger partial charge in [0.2, 0.25) is 10.0 Å². The average molecular weight is 567 g/mol. The number of ether oxygens (including phenoxy) is 3. The Morgan fingerprint density at radius 3 is 2.30 bits per heavy atom. The second-order valence-corrected chi connectivity index (χ2v) is 12.5. The molecule has 0 radical (unpaired) electrons. The summed E-state index contributed by atoms with van der Waals surface area (Å²) >= 11 is 0. The standard InChI is InChI=1S/C30H34N2O7S/c1-30(2,3)39-29(34)31-27(22-11-6-5-7-12-22)23-13-9-14-25(17-23)38-20-21-10-8-15-26(16-21)40(35,36)32-18-24(19-32)28(33)37-4/h5-17,24,27H,18-20H2,1-4H3,(H,31,34)/t27-/m0/s1. The van der Waals surface area contributed by atoms with E-state index in [0.29, 0.717) is 11.3 Å². The van der Waals surface area contributed by atoms with Crippen molar-refractivity contribution < 1.29 is 32.2 Å². The third-order valence-electron chi connectivity index (χ3n) is 6.31. The fourth-order valence-corrected chi connectivity index (χ4v) is 5.88. The summed E-state index contributed by atoms with van der Waals surface area (Å²) in [6.45, 7) is 5.75. The van der Waals surface area contributed by atoms with E-state index >= 15 is 0 Å². The fourth-order valence-electron chi connectivity index (χ4n) is 4.28. The van der Waals surface area contributed by atoms with Crippen LogP contribution >= 0.6 is 0 Å². The van der Waals surface area contributed by atoms with Crippen molar-refractivity contribution in [3.05, 3.63) is 95.6 Å². The number of benzene rings is 3. The Hall–Kier alpha value is -3.89. The molecule has 40 heavy (non-hydrogen) atoms. The average Bonchev–Trinajstić information content (AvgIpc) is 2.89. The molecule has 0 saturated carbocycles. The zero-order valence-electron chi connectivity index (χ0n) is 23.0. The minimum Gasteiger partial charge on any atom is -0.489 e. The summed E-state index contributed by atoms with van der Waals surface area (Å²) in [5.41, 5.74) is 1.70. The third kappa shape index (κ3) is 7.19. The molecule has 9 nitrogen and oxygen atoms in total. The second kappa shape index (κ2) is 12.1. The van der Waals surface area contributed by atoms with Crippen molar-refractivity contribution in [1.29, 1.82) is 0 Å².